The Balaban J connectivity index is 2.41. The van der Waals surface area contributed by atoms with Gasteiger partial charge >= 0.3 is 0 Å². The highest BCUT2D eigenvalue weighted by Gasteiger charge is 2.25. The molecule has 1 aliphatic heterocycles. The van der Waals surface area contributed by atoms with Crippen molar-refractivity contribution in [3.63, 3.8) is 0 Å². The molecule has 1 atom stereocenters. The molecule has 0 aromatic carbocycles. The highest BCUT2D eigenvalue weighted by atomic mass is 79.9. The third-order valence-corrected chi connectivity index (χ3v) is 2.60. The zero-order chi connectivity index (χ0) is 10.0. The summed E-state index contributed by atoms with van der Waals surface area (Å²) in [5.41, 5.74) is 1.81. The first kappa shape index (κ1) is 9.52. The van der Waals surface area contributed by atoms with Crippen LogP contribution >= 0.6 is 28.1 Å². The minimum atomic E-state index is -0.582. The van der Waals surface area contributed by atoms with Gasteiger partial charge in [-0.25, -0.2) is 4.99 Å². The second-order valence-corrected chi connectivity index (χ2v) is 4.25. The minimum Gasteiger partial charge on any atom is -0.359 e. The molecule has 5 heteroatoms. The van der Waals surface area contributed by atoms with Gasteiger partial charge in [0.05, 0.1) is 16.6 Å². The maximum Gasteiger partial charge on any atom is 0.164 e. The summed E-state index contributed by atoms with van der Waals surface area (Å²) in [5.74, 6) is 0. The van der Waals surface area contributed by atoms with Crippen LogP contribution in [0.25, 0.3) is 0 Å². The molecule has 1 N–H and O–H groups in total. The van der Waals surface area contributed by atoms with Gasteiger partial charge in [-0.05, 0) is 46.4 Å². The van der Waals surface area contributed by atoms with Crippen molar-refractivity contribution in [2.24, 2.45) is 9.98 Å². The van der Waals surface area contributed by atoms with Crippen LogP contribution in [0.3, 0.4) is 0 Å². The van der Waals surface area contributed by atoms with Crippen LogP contribution in [0, 0.1) is 0 Å². The Hall–Kier alpha value is -1.03. The maximum atomic E-state index is 4.58. The zero-order valence-electron chi connectivity index (χ0n) is 7.07. The third kappa shape index (κ3) is 1.75. The fraction of sp³-hybridized carbons (Fsp3) is 0.111. The molecule has 0 bridgehead atoms. The molecule has 3 nitrogen and oxygen atoms in total. The van der Waals surface area contributed by atoms with E-state index in [0.29, 0.717) is 0 Å². The molecule has 0 aromatic rings. The first-order valence-electron chi connectivity index (χ1n) is 3.93. The van der Waals surface area contributed by atoms with Crippen molar-refractivity contribution in [3.8, 4) is 0 Å². The highest BCUT2D eigenvalue weighted by molar-refractivity contribution is 9.10. The van der Waals surface area contributed by atoms with E-state index in [4.69, 9.17) is 0 Å². The normalized spacial score (nSPS) is 28.1. The summed E-state index contributed by atoms with van der Waals surface area (Å²) in [5, 5.41) is 5.43. The molecule has 0 radical (unpaired) electrons. The van der Waals surface area contributed by atoms with Gasteiger partial charge in [-0.3, -0.25) is 4.99 Å². The number of alkyl halides is 1. The van der Waals surface area contributed by atoms with Gasteiger partial charge in [0.2, 0.25) is 0 Å². The van der Waals surface area contributed by atoms with Crippen LogP contribution in [0.1, 0.15) is 0 Å². The van der Waals surface area contributed by atoms with Crippen molar-refractivity contribution >= 4 is 39.0 Å². The average Bonchev–Trinajstić information content (AvgIpc) is 2.17. The van der Waals surface area contributed by atoms with Gasteiger partial charge in [-0.2, -0.15) is 0 Å². The first-order valence-corrected chi connectivity index (χ1v) is 5.13. The monoisotopic (exact) mass is 267 g/mol. The predicted molar refractivity (Wildman–Crippen MR) is 63.6 cm³/mol. The van der Waals surface area contributed by atoms with Gasteiger partial charge < -0.3 is 5.32 Å². The Kier molecular flexibility index (Phi) is 2.46. The summed E-state index contributed by atoms with van der Waals surface area (Å²) in [7, 11) is 0. The van der Waals surface area contributed by atoms with Gasteiger partial charge in [0, 0.05) is 12.4 Å². The summed E-state index contributed by atoms with van der Waals surface area (Å²) in [4.78, 5) is 8.19. The zero-order valence-corrected chi connectivity index (χ0v) is 9.47. The number of halogens is 1. The molecule has 1 heterocycles. The molecule has 2 aliphatic rings. The van der Waals surface area contributed by atoms with Crippen molar-refractivity contribution in [1.29, 1.82) is 0 Å². The van der Waals surface area contributed by atoms with E-state index in [1.54, 1.807) is 12.4 Å². The number of hydrogen-bond acceptors (Lipinski definition) is 4. The summed E-state index contributed by atoms with van der Waals surface area (Å²) < 4.78 is -0.582. The molecular formula is C9H6BrN3S. The van der Waals surface area contributed by atoms with Gasteiger partial charge in [-0.1, -0.05) is 0 Å². The predicted octanol–water partition coefficient (Wildman–Crippen LogP) is 2.15. The van der Waals surface area contributed by atoms with Crippen molar-refractivity contribution < 1.29 is 0 Å². The molecule has 0 saturated carbocycles. The van der Waals surface area contributed by atoms with Crippen LogP contribution in [0.4, 0.5) is 0 Å². The van der Waals surface area contributed by atoms with E-state index in [-0.39, 0.29) is 0 Å². The van der Waals surface area contributed by atoms with E-state index in [2.05, 4.69) is 48.6 Å². The number of fused-ring (bicyclic) bond motifs is 1. The van der Waals surface area contributed by atoms with E-state index in [0.717, 1.165) is 11.4 Å². The Morgan fingerprint density at radius 3 is 3.29 bits per heavy atom. The molecule has 1 aliphatic carbocycles. The minimum absolute atomic E-state index is 0.582. The molecule has 0 saturated heterocycles. The smallest absolute Gasteiger partial charge is 0.164 e. The first-order chi connectivity index (χ1) is 6.73. The second kappa shape index (κ2) is 3.61. The van der Waals surface area contributed by atoms with Crippen LogP contribution in [0.15, 0.2) is 46.3 Å². The maximum absolute atomic E-state index is 4.58. The van der Waals surface area contributed by atoms with Crippen molar-refractivity contribution in [1.82, 2.24) is 5.32 Å². The fourth-order valence-electron chi connectivity index (χ4n) is 1.22. The molecule has 70 valence electrons. The highest BCUT2D eigenvalue weighted by Crippen LogP contribution is 2.28. The van der Waals surface area contributed by atoms with E-state index in [9.17, 15) is 0 Å². The Bertz CT molecular complexity index is 429. The number of nitrogens with zero attached hydrogens (tertiary/aromatic N) is 2. The number of rotatable bonds is 1. The largest absolute Gasteiger partial charge is 0.359 e. The Morgan fingerprint density at radius 1 is 1.64 bits per heavy atom. The summed E-state index contributed by atoms with van der Waals surface area (Å²) in [6.07, 6.45) is 9.13. The summed E-state index contributed by atoms with van der Waals surface area (Å²) in [6.45, 7) is 0. The number of hydrogen-bond donors (Lipinski definition) is 1. The molecule has 2 rings (SSSR count). The summed E-state index contributed by atoms with van der Waals surface area (Å²) >= 11 is 8.02. The van der Waals surface area contributed by atoms with Crippen LogP contribution in [0.2, 0.25) is 0 Å². The van der Waals surface area contributed by atoms with Crippen LogP contribution in [-0.4, -0.2) is 15.3 Å². The topological polar surface area (TPSA) is 36.8 Å². The van der Waals surface area contributed by atoms with Crippen LogP contribution < -0.4 is 5.32 Å². The lowest BCUT2D eigenvalue weighted by atomic mass is 10.1. The van der Waals surface area contributed by atoms with Crippen molar-refractivity contribution in [2.45, 2.75) is 4.45 Å². The van der Waals surface area contributed by atoms with Gasteiger partial charge in [0.25, 0.3) is 0 Å². The van der Waals surface area contributed by atoms with E-state index >= 15 is 0 Å². The molecule has 1 unspecified atom stereocenters. The molecule has 0 fully saturated rings. The quantitative estimate of drug-likeness (QED) is 0.342. The van der Waals surface area contributed by atoms with Crippen LogP contribution in [0.5, 0.6) is 0 Å². The van der Waals surface area contributed by atoms with Gasteiger partial charge in [0.15, 0.2) is 4.45 Å². The number of isothiocyanates is 1. The molecule has 14 heavy (non-hydrogen) atoms. The lowest BCUT2D eigenvalue weighted by molar-refractivity contribution is 0.936. The van der Waals surface area contributed by atoms with E-state index in [1.165, 1.54) is 0 Å². The Morgan fingerprint density at radius 2 is 2.50 bits per heavy atom. The van der Waals surface area contributed by atoms with Crippen LogP contribution in [-0.2, 0) is 0 Å². The second-order valence-electron chi connectivity index (χ2n) is 2.80. The third-order valence-electron chi connectivity index (χ3n) is 1.84. The van der Waals surface area contributed by atoms with Gasteiger partial charge in [-0.15, -0.1) is 0 Å². The number of nitrogens with one attached hydrogen (secondary N) is 1. The average molecular weight is 268 g/mol. The lowest BCUT2D eigenvalue weighted by Crippen LogP contribution is -2.25. The molecular weight excluding hydrogens is 262 g/mol. The van der Waals surface area contributed by atoms with Gasteiger partial charge in [0.1, 0.15) is 0 Å². The molecule has 0 aromatic heterocycles. The summed E-state index contributed by atoms with van der Waals surface area (Å²) in [6, 6.07) is 0. The van der Waals surface area contributed by atoms with Crippen molar-refractivity contribution in [3.05, 3.63) is 36.3 Å². The van der Waals surface area contributed by atoms with Crippen molar-refractivity contribution in [2.75, 3.05) is 0 Å². The molecule has 0 amide bonds. The standard InChI is InChI=1S/C9H6BrN3S/c10-9(13-6-14)2-1-7-8(5-9)12-4-3-11-7/h1-5,12H. The number of thiocarbonyl (C=S) groups is 1. The Labute approximate surface area is 95.1 Å². The molecule has 0 spiro atoms. The lowest BCUT2D eigenvalue weighted by Gasteiger charge is -2.21. The number of allylic oxidation sites excluding steroid dienone is 1. The SMILES string of the molecule is S=C=NC1(Br)C=CC2=NC=CNC2=C1. The fourth-order valence-corrected chi connectivity index (χ4v) is 1.94. The van der Waals surface area contributed by atoms with E-state index < -0.39 is 4.45 Å². The number of aliphatic imine (C=N–C) groups is 2. The van der Waals surface area contributed by atoms with E-state index in [1.807, 2.05) is 18.2 Å².